The third-order valence-electron chi connectivity index (χ3n) is 5.06. The molecule has 3 heterocycles. The molecule has 138 valence electrons. The molecule has 5 heteroatoms. The van der Waals surface area contributed by atoms with Gasteiger partial charge in [0.15, 0.2) is 0 Å². The van der Waals surface area contributed by atoms with Crippen LogP contribution in [0.4, 0.5) is 11.5 Å². The van der Waals surface area contributed by atoms with Gasteiger partial charge in [-0.25, -0.2) is 4.98 Å². The molecular weight excluding hydrogens is 354 g/mol. The second-order valence-electron chi connectivity index (χ2n) is 6.96. The maximum Gasteiger partial charge on any atom is 0.265 e. The molecule has 0 aliphatic carbocycles. The van der Waals surface area contributed by atoms with Crippen LogP contribution >= 0.6 is 11.3 Å². The molecule has 1 saturated heterocycles. The van der Waals surface area contributed by atoms with Crippen LogP contribution in [0.25, 0.3) is 0 Å². The minimum Gasteiger partial charge on any atom is -0.357 e. The molecule has 0 saturated carbocycles. The molecule has 4 nitrogen and oxygen atoms in total. The van der Waals surface area contributed by atoms with Crippen molar-refractivity contribution < 1.29 is 4.79 Å². The van der Waals surface area contributed by atoms with E-state index in [-0.39, 0.29) is 5.91 Å². The second kappa shape index (κ2) is 8.35. The van der Waals surface area contributed by atoms with E-state index in [4.69, 9.17) is 0 Å². The Morgan fingerprint density at radius 2 is 1.89 bits per heavy atom. The topological polar surface area (TPSA) is 45.2 Å². The number of anilines is 2. The van der Waals surface area contributed by atoms with Crippen LogP contribution in [-0.2, 0) is 6.42 Å². The molecule has 1 aliphatic heterocycles. The Morgan fingerprint density at radius 3 is 2.56 bits per heavy atom. The van der Waals surface area contributed by atoms with E-state index in [0.29, 0.717) is 4.88 Å². The fraction of sp³-hybridized carbons (Fsp3) is 0.273. The zero-order chi connectivity index (χ0) is 18.5. The molecule has 1 N–H and O–H groups in total. The fourth-order valence-corrected chi connectivity index (χ4v) is 4.18. The molecule has 27 heavy (non-hydrogen) atoms. The average molecular weight is 378 g/mol. The summed E-state index contributed by atoms with van der Waals surface area (Å²) < 4.78 is 0. The molecule has 2 aromatic heterocycles. The number of pyridine rings is 1. The number of thiophene rings is 1. The number of rotatable bonds is 5. The van der Waals surface area contributed by atoms with Crippen molar-refractivity contribution in [2.75, 3.05) is 23.3 Å². The van der Waals surface area contributed by atoms with Crippen LogP contribution in [0.2, 0.25) is 0 Å². The normalized spacial score (nSPS) is 14.9. The SMILES string of the molecule is O=C(Nc1ccc(N2CCC(Cc3ccccc3)CC2)nc1)c1cccs1. The van der Waals surface area contributed by atoms with Crippen molar-refractivity contribution in [3.8, 4) is 0 Å². The van der Waals surface area contributed by atoms with Crippen LogP contribution in [-0.4, -0.2) is 24.0 Å². The molecule has 0 radical (unpaired) electrons. The van der Waals surface area contributed by atoms with Gasteiger partial charge in [-0.2, -0.15) is 0 Å². The first-order valence-electron chi connectivity index (χ1n) is 9.38. The van der Waals surface area contributed by atoms with Crippen molar-refractivity contribution in [3.05, 3.63) is 76.6 Å². The van der Waals surface area contributed by atoms with Crippen molar-refractivity contribution in [2.45, 2.75) is 19.3 Å². The number of nitrogens with zero attached hydrogens (tertiary/aromatic N) is 2. The monoisotopic (exact) mass is 377 g/mol. The first kappa shape index (κ1) is 17.7. The van der Waals surface area contributed by atoms with Gasteiger partial charge in [-0.15, -0.1) is 11.3 Å². The lowest BCUT2D eigenvalue weighted by atomic mass is 9.90. The zero-order valence-electron chi connectivity index (χ0n) is 15.2. The van der Waals surface area contributed by atoms with Gasteiger partial charge in [0.25, 0.3) is 5.91 Å². The maximum atomic E-state index is 12.1. The molecule has 0 unspecified atom stereocenters. The van der Waals surface area contributed by atoms with Gasteiger partial charge in [-0.3, -0.25) is 4.79 Å². The lowest BCUT2D eigenvalue weighted by Crippen LogP contribution is -2.34. The number of carbonyl (C=O) groups is 1. The van der Waals surface area contributed by atoms with Gasteiger partial charge in [0.1, 0.15) is 5.82 Å². The van der Waals surface area contributed by atoms with Crippen molar-refractivity contribution >= 4 is 28.7 Å². The van der Waals surface area contributed by atoms with Crippen molar-refractivity contribution in [2.24, 2.45) is 5.92 Å². The summed E-state index contributed by atoms with van der Waals surface area (Å²) in [6, 6.07) is 18.4. The van der Waals surface area contributed by atoms with Crippen LogP contribution in [0.3, 0.4) is 0 Å². The molecule has 0 bridgehead atoms. The Hall–Kier alpha value is -2.66. The highest BCUT2D eigenvalue weighted by Crippen LogP contribution is 2.25. The molecule has 3 aromatic rings. The number of benzene rings is 1. The summed E-state index contributed by atoms with van der Waals surface area (Å²) in [6.07, 6.45) is 5.29. The third kappa shape index (κ3) is 4.55. The number of carbonyl (C=O) groups excluding carboxylic acids is 1. The molecular formula is C22H23N3OS. The van der Waals surface area contributed by atoms with Crippen molar-refractivity contribution in [1.29, 1.82) is 0 Å². The lowest BCUT2D eigenvalue weighted by Gasteiger charge is -2.33. The standard InChI is InChI=1S/C22H23N3OS/c26-22(20-7-4-14-27-20)24-19-8-9-21(23-16-19)25-12-10-18(11-13-25)15-17-5-2-1-3-6-17/h1-9,14,16,18H,10-13,15H2,(H,24,26). The Labute approximate surface area is 163 Å². The molecule has 1 amide bonds. The van der Waals surface area contributed by atoms with Gasteiger partial charge < -0.3 is 10.2 Å². The second-order valence-corrected chi connectivity index (χ2v) is 7.90. The summed E-state index contributed by atoms with van der Waals surface area (Å²) in [5.74, 6) is 1.65. The lowest BCUT2D eigenvalue weighted by molar-refractivity contribution is 0.103. The van der Waals surface area contributed by atoms with Gasteiger partial charge >= 0.3 is 0 Å². The van der Waals surface area contributed by atoms with Crippen LogP contribution in [0, 0.1) is 5.92 Å². The first-order chi connectivity index (χ1) is 13.3. The van der Waals surface area contributed by atoms with E-state index < -0.39 is 0 Å². The number of hydrogen-bond acceptors (Lipinski definition) is 4. The van der Waals surface area contributed by atoms with E-state index in [1.165, 1.54) is 29.7 Å². The van der Waals surface area contributed by atoms with Crippen LogP contribution in [0.15, 0.2) is 66.2 Å². The summed E-state index contributed by atoms with van der Waals surface area (Å²) in [5, 5.41) is 4.80. The molecule has 1 aliphatic rings. The largest absolute Gasteiger partial charge is 0.357 e. The average Bonchev–Trinajstić information content (AvgIpc) is 3.25. The maximum absolute atomic E-state index is 12.1. The molecule has 1 aromatic carbocycles. The van der Waals surface area contributed by atoms with E-state index in [2.05, 4.69) is 45.5 Å². The Bertz CT molecular complexity index is 854. The number of hydrogen-bond donors (Lipinski definition) is 1. The number of aromatic nitrogens is 1. The van der Waals surface area contributed by atoms with E-state index in [9.17, 15) is 4.79 Å². The third-order valence-corrected chi connectivity index (χ3v) is 5.93. The van der Waals surface area contributed by atoms with Gasteiger partial charge in [0.05, 0.1) is 16.8 Å². The fourth-order valence-electron chi connectivity index (χ4n) is 3.56. The van der Waals surface area contributed by atoms with E-state index in [0.717, 1.165) is 36.9 Å². The molecule has 1 fully saturated rings. The van der Waals surface area contributed by atoms with Crippen molar-refractivity contribution in [1.82, 2.24) is 4.98 Å². The smallest absolute Gasteiger partial charge is 0.265 e. The summed E-state index contributed by atoms with van der Waals surface area (Å²) in [4.78, 5) is 19.7. The Balaban J connectivity index is 1.30. The minimum absolute atomic E-state index is 0.0822. The van der Waals surface area contributed by atoms with E-state index >= 15 is 0 Å². The Morgan fingerprint density at radius 1 is 1.07 bits per heavy atom. The Kier molecular flexibility index (Phi) is 5.49. The highest BCUT2D eigenvalue weighted by molar-refractivity contribution is 7.12. The summed E-state index contributed by atoms with van der Waals surface area (Å²) in [6.45, 7) is 2.07. The number of amides is 1. The molecule has 0 spiro atoms. The van der Waals surface area contributed by atoms with Crippen molar-refractivity contribution in [3.63, 3.8) is 0 Å². The highest BCUT2D eigenvalue weighted by Gasteiger charge is 2.20. The predicted octanol–water partition coefficient (Wildman–Crippen LogP) is 4.85. The zero-order valence-corrected chi connectivity index (χ0v) is 16.0. The number of nitrogens with one attached hydrogen (secondary N) is 1. The minimum atomic E-state index is -0.0822. The van der Waals surface area contributed by atoms with Crippen LogP contribution < -0.4 is 10.2 Å². The van der Waals surface area contributed by atoms with Crippen LogP contribution in [0.5, 0.6) is 0 Å². The van der Waals surface area contributed by atoms with E-state index in [1.807, 2.05) is 29.6 Å². The van der Waals surface area contributed by atoms with E-state index in [1.54, 1.807) is 6.20 Å². The van der Waals surface area contributed by atoms with Gasteiger partial charge in [-0.05, 0) is 54.3 Å². The van der Waals surface area contributed by atoms with Gasteiger partial charge in [0, 0.05) is 13.1 Å². The summed E-state index contributed by atoms with van der Waals surface area (Å²) in [7, 11) is 0. The number of piperidine rings is 1. The quantitative estimate of drug-likeness (QED) is 0.691. The molecule has 4 rings (SSSR count). The summed E-state index contributed by atoms with van der Waals surface area (Å²) in [5.41, 5.74) is 2.16. The van der Waals surface area contributed by atoms with Gasteiger partial charge in [-0.1, -0.05) is 36.4 Å². The first-order valence-corrected chi connectivity index (χ1v) is 10.3. The van der Waals surface area contributed by atoms with Gasteiger partial charge in [0.2, 0.25) is 0 Å². The highest BCUT2D eigenvalue weighted by atomic mass is 32.1. The van der Waals surface area contributed by atoms with Crippen LogP contribution in [0.1, 0.15) is 28.1 Å². The molecule has 0 atom stereocenters. The summed E-state index contributed by atoms with van der Waals surface area (Å²) >= 11 is 1.44. The predicted molar refractivity (Wildman–Crippen MR) is 112 cm³/mol.